The van der Waals surface area contributed by atoms with Crippen molar-refractivity contribution in [1.29, 1.82) is 0 Å². The highest BCUT2D eigenvalue weighted by Crippen LogP contribution is 2.43. The summed E-state index contributed by atoms with van der Waals surface area (Å²) in [5, 5.41) is 18.5. The summed E-state index contributed by atoms with van der Waals surface area (Å²) in [6.07, 6.45) is 0. The van der Waals surface area contributed by atoms with Gasteiger partial charge < -0.3 is 14.9 Å². The van der Waals surface area contributed by atoms with Crippen molar-refractivity contribution in [3.8, 4) is 23.0 Å². The van der Waals surface area contributed by atoms with Gasteiger partial charge >= 0.3 is 0 Å². The number of rotatable bonds is 2. The van der Waals surface area contributed by atoms with E-state index in [0.29, 0.717) is 0 Å². The lowest BCUT2D eigenvalue weighted by atomic mass is 10.3. The van der Waals surface area contributed by atoms with Crippen molar-refractivity contribution in [2.45, 2.75) is 0 Å². The minimum atomic E-state index is -0.187. The number of pyridine rings is 1. The highest BCUT2D eigenvalue weighted by atomic mass is 35.5. The Balaban J connectivity index is 2.49. The number of hydrogen-bond donors (Lipinski definition) is 2. The van der Waals surface area contributed by atoms with Crippen LogP contribution in [0.3, 0.4) is 0 Å². The van der Waals surface area contributed by atoms with Gasteiger partial charge in [0.2, 0.25) is 0 Å². The molecule has 0 radical (unpaired) electrons. The van der Waals surface area contributed by atoms with Crippen LogP contribution in [0.5, 0.6) is 23.0 Å². The third kappa shape index (κ3) is 3.09. The fourth-order valence-electron chi connectivity index (χ4n) is 1.30. The molecular formula is C11H5Cl4NO3. The van der Waals surface area contributed by atoms with Crippen molar-refractivity contribution in [3.63, 3.8) is 0 Å². The van der Waals surface area contributed by atoms with E-state index in [-0.39, 0.29) is 43.3 Å². The van der Waals surface area contributed by atoms with Crippen LogP contribution in [-0.4, -0.2) is 15.2 Å². The molecule has 0 saturated carbocycles. The Labute approximate surface area is 128 Å². The first-order valence-electron chi connectivity index (χ1n) is 4.79. The second-order valence-electron chi connectivity index (χ2n) is 3.44. The van der Waals surface area contributed by atoms with Gasteiger partial charge in [-0.25, -0.2) is 4.98 Å². The largest absolute Gasteiger partial charge is 0.508 e. The van der Waals surface area contributed by atoms with Crippen LogP contribution in [0.4, 0.5) is 0 Å². The third-order valence-corrected chi connectivity index (χ3v) is 3.49. The first kappa shape index (κ1) is 14.3. The van der Waals surface area contributed by atoms with Gasteiger partial charge in [-0.15, -0.1) is 0 Å². The van der Waals surface area contributed by atoms with Crippen LogP contribution in [0, 0.1) is 0 Å². The summed E-state index contributed by atoms with van der Waals surface area (Å²) >= 11 is 23.3. The fourth-order valence-corrected chi connectivity index (χ4v) is 2.09. The van der Waals surface area contributed by atoms with Gasteiger partial charge in [0.15, 0.2) is 16.1 Å². The van der Waals surface area contributed by atoms with Crippen molar-refractivity contribution in [3.05, 3.63) is 38.6 Å². The molecule has 1 aromatic carbocycles. The lowest BCUT2D eigenvalue weighted by Gasteiger charge is -2.11. The summed E-state index contributed by atoms with van der Waals surface area (Å²) in [7, 11) is 0. The molecule has 0 amide bonds. The maximum absolute atomic E-state index is 9.35. The molecule has 0 fully saturated rings. The second-order valence-corrected chi connectivity index (χ2v) is 4.91. The maximum Gasteiger partial charge on any atom is 0.170 e. The monoisotopic (exact) mass is 339 g/mol. The lowest BCUT2D eigenvalue weighted by Crippen LogP contribution is -1.91. The Kier molecular flexibility index (Phi) is 4.16. The average Bonchev–Trinajstić information content (AvgIpc) is 2.31. The summed E-state index contributed by atoms with van der Waals surface area (Å²) in [5.41, 5.74) is 0. The summed E-state index contributed by atoms with van der Waals surface area (Å²) in [4.78, 5) is 3.70. The average molecular weight is 341 g/mol. The molecule has 0 spiro atoms. The molecule has 0 unspecified atom stereocenters. The highest BCUT2D eigenvalue weighted by Gasteiger charge is 2.18. The van der Waals surface area contributed by atoms with Crippen LogP contribution in [-0.2, 0) is 0 Å². The van der Waals surface area contributed by atoms with E-state index >= 15 is 0 Å². The van der Waals surface area contributed by atoms with E-state index in [4.69, 9.17) is 51.1 Å². The molecule has 100 valence electrons. The van der Waals surface area contributed by atoms with E-state index in [1.165, 1.54) is 12.1 Å². The van der Waals surface area contributed by atoms with Crippen LogP contribution in [0.2, 0.25) is 20.4 Å². The van der Waals surface area contributed by atoms with E-state index in [0.717, 1.165) is 6.07 Å². The Bertz CT molecular complexity index is 602. The summed E-state index contributed by atoms with van der Waals surface area (Å²) in [6, 6.07) is 3.66. The SMILES string of the molecule is Oc1cc(O)cc(Oc2c(Cl)c(Cl)nc(Cl)c2Cl)c1. The summed E-state index contributed by atoms with van der Waals surface area (Å²) in [5.74, 6) is -0.278. The molecule has 4 nitrogen and oxygen atoms in total. The zero-order valence-corrected chi connectivity index (χ0v) is 12.0. The van der Waals surface area contributed by atoms with Gasteiger partial charge in [0.25, 0.3) is 0 Å². The Morgan fingerprint density at radius 2 is 1.32 bits per heavy atom. The normalized spacial score (nSPS) is 10.5. The predicted molar refractivity (Wildman–Crippen MR) is 74.1 cm³/mol. The van der Waals surface area contributed by atoms with E-state index in [9.17, 15) is 10.2 Å². The molecule has 0 atom stereocenters. The predicted octanol–water partition coefficient (Wildman–Crippen LogP) is 4.90. The van der Waals surface area contributed by atoms with Gasteiger partial charge in [-0.2, -0.15) is 0 Å². The van der Waals surface area contributed by atoms with Gasteiger partial charge in [-0.1, -0.05) is 46.4 Å². The number of ether oxygens (including phenoxy) is 1. The number of aromatic nitrogens is 1. The van der Waals surface area contributed by atoms with Crippen molar-refractivity contribution < 1.29 is 14.9 Å². The minimum Gasteiger partial charge on any atom is -0.508 e. The smallest absolute Gasteiger partial charge is 0.170 e. The first-order valence-corrected chi connectivity index (χ1v) is 6.30. The third-order valence-electron chi connectivity index (χ3n) is 2.05. The zero-order valence-electron chi connectivity index (χ0n) is 8.99. The van der Waals surface area contributed by atoms with Crippen molar-refractivity contribution >= 4 is 46.4 Å². The zero-order chi connectivity index (χ0) is 14.2. The summed E-state index contributed by atoms with van der Waals surface area (Å²) in [6.45, 7) is 0. The molecule has 19 heavy (non-hydrogen) atoms. The Morgan fingerprint density at radius 1 is 0.842 bits per heavy atom. The van der Waals surface area contributed by atoms with Gasteiger partial charge in [0.1, 0.15) is 27.3 Å². The number of hydrogen-bond acceptors (Lipinski definition) is 4. The molecule has 2 rings (SSSR count). The maximum atomic E-state index is 9.35. The van der Waals surface area contributed by atoms with Crippen LogP contribution >= 0.6 is 46.4 Å². The van der Waals surface area contributed by atoms with Crippen molar-refractivity contribution in [2.75, 3.05) is 0 Å². The number of benzene rings is 1. The first-order chi connectivity index (χ1) is 8.88. The minimum absolute atomic E-state index is 0.0154. The standard InChI is InChI=1S/C11H5Cl4NO3/c12-7-9(8(13)11(15)16-10(7)14)19-6-2-4(17)1-5(18)3-6/h1-3,17-18H. The molecule has 2 aromatic rings. The topological polar surface area (TPSA) is 62.6 Å². The molecule has 0 aliphatic rings. The van der Waals surface area contributed by atoms with Gasteiger partial charge in [0.05, 0.1) is 0 Å². The van der Waals surface area contributed by atoms with E-state index < -0.39 is 0 Å². The van der Waals surface area contributed by atoms with Crippen LogP contribution in [0.15, 0.2) is 18.2 Å². The molecule has 0 aliphatic heterocycles. The molecule has 0 saturated heterocycles. The molecule has 1 heterocycles. The molecule has 8 heteroatoms. The molecule has 0 bridgehead atoms. The quantitative estimate of drug-likeness (QED) is 0.763. The summed E-state index contributed by atoms with van der Waals surface area (Å²) < 4.78 is 5.37. The van der Waals surface area contributed by atoms with Gasteiger partial charge in [-0.05, 0) is 0 Å². The van der Waals surface area contributed by atoms with Crippen LogP contribution in [0.1, 0.15) is 0 Å². The van der Waals surface area contributed by atoms with E-state index in [2.05, 4.69) is 4.98 Å². The lowest BCUT2D eigenvalue weighted by molar-refractivity contribution is 0.431. The van der Waals surface area contributed by atoms with Crippen molar-refractivity contribution in [2.24, 2.45) is 0 Å². The molecule has 0 aliphatic carbocycles. The number of nitrogens with zero attached hydrogens (tertiary/aromatic N) is 1. The second kappa shape index (κ2) is 5.51. The molecular weight excluding hydrogens is 336 g/mol. The van der Waals surface area contributed by atoms with Crippen LogP contribution < -0.4 is 4.74 Å². The Hall–Kier alpha value is -1.07. The van der Waals surface area contributed by atoms with Crippen molar-refractivity contribution in [1.82, 2.24) is 4.98 Å². The number of halogens is 4. The Morgan fingerprint density at radius 3 is 1.79 bits per heavy atom. The fraction of sp³-hybridized carbons (Fsp3) is 0. The van der Waals surface area contributed by atoms with E-state index in [1.54, 1.807) is 0 Å². The highest BCUT2D eigenvalue weighted by molar-refractivity contribution is 6.47. The van der Waals surface area contributed by atoms with Gasteiger partial charge in [0, 0.05) is 18.2 Å². The number of phenols is 2. The number of aromatic hydroxyl groups is 2. The molecule has 1 aromatic heterocycles. The molecule has 2 N–H and O–H groups in total. The number of phenolic OH excluding ortho intramolecular Hbond substituents is 2. The van der Waals surface area contributed by atoms with Gasteiger partial charge in [-0.3, -0.25) is 0 Å². The van der Waals surface area contributed by atoms with E-state index in [1.807, 2.05) is 0 Å². The van der Waals surface area contributed by atoms with Crippen LogP contribution in [0.25, 0.3) is 0 Å².